The average molecular weight is 253 g/mol. The summed E-state index contributed by atoms with van der Waals surface area (Å²) in [6, 6.07) is 9.20. The molecule has 0 saturated heterocycles. The number of ether oxygens (including phenoxy) is 1. The summed E-state index contributed by atoms with van der Waals surface area (Å²) in [6.07, 6.45) is 0. The van der Waals surface area contributed by atoms with E-state index in [1.165, 1.54) is 11.8 Å². The number of para-hydroxylation sites is 1. The number of hydrogen-bond acceptors (Lipinski definition) is 4. The summed E-state index contributed by atoms with van der Waals surface area (Å²) in [4.78, 5) is 22.5. The van der Waals surface area contributed by atoms with Crippen LogP contribution >= 0.6 is 11.8 Å². The Hall–Kier alpha value is -1.49. The highest BCUT2D eigenvalue weighted by Gasteiger charge is 2.05. The summed E-state index contributed by atoms with van der Waals surface area (Å²) >= 11 is 1.24. The van der Waals surface area contributed by atoms with Gasteiger partial charge >= 0.3 is 5.97 Å². The van der Waals surface area contributed by atoms with Gasteiger partial charge in [0.05, 0.1) is 18.1 Å². The molecule has 5 heteroatoms. The van der Waals surface area contributed by atoms with Crippen LogP contribution < -0.4 is 5.32 Å². The van der Waals surface area contributed by atoms with E-state index < -0.39 is 0 Å². The molecule has 0 spiro atoms. The number of thioether (sulfide) groups is 1. The van der Waals surface area contributed by atoms with E-state index in [2.05, 4.69) is 5.32 Å². The zero-order chi connectivity index (χ0) is 12.5. The molecule has 0 aliphatic heterocycles. The highest BCUT2D eigenvalue weighted by atomic mass is 32.2. The van der Waals surface area contributed by atoms with E-state index in [1.807, 2.05) is 30.3 Å². The van der Waals surface area contributed by atoms with Crippen LogP contribution in [0.25, 0.3) is 0 Å². The fourth-order valence-corrected chi connectivity index (χ4v) is 1.76. The standard InChI is InChI=1S/C12H15NO3S/c1-2-16-12(15)9-17-8-11(14)13-10-6-4-3-5-7-10/h3-7H,2,8-9H2,1H3,(H,13,14). The van der Waals surface area contributed by atoms with Crippen LogP contribution in [0.2, 0.25) is 0 Å². The zero-order valence-electron chi connectivity index (χ0n) is 9.64. The van der Waals surface area contributed by atoms with Crippen molar-refractivity contribution in [3.8, 4) is 0 Å². The van der Waals surface area contributed by atoms with Crippen LogP contribution in [0, 0.1) is 0 Å². The molecular weight excluding hydrogens is 238 g/mol. The lowest BCUT2D eigenvalue weighted by molar-refractivity contribution is -0.139. The first-order chi connectivity index (χ1) is 8.22. The fraction of sp³-hybridized carbons (Fsp3) is 0.333. The van der Waals surface area contributed by atoms with Crippen molar-refractivity contribution in [1.82, 2.24) is 0 Å². The number of rotatable bonds is 6. The van der Waals surface area contributed by atoms with Gasteiger partial charge in [0.2, 0.25) is 5.91 Å². The topological polar surface area (TPSA) is 55.4 Å². The molecule has 1 aromatic rings. The van der Waals surface area contributed by atoms with Gasteiger partial charge in [0.1, 0.15) is 0 Å². The predicted octanol–water partition coefficient (Wildman–Crippen LogP) is 1.92. The fourth-order valence-electron chi connectivity index (χ4n) is 1.15. The van der Waals surface area contributed by atoms with Crippen molar-refractivity contribution >= 4 is 29.3 Å². The van der Waals surface area contributed by atoms with E-state index in [-0.39, 0.29) is 23.4 Å². The van der Waals surface area contributed by atoms with E-state index >= 15 is 0 Å². The third-order valence-electron chi connectivity index (χ3n) is 1.82. The second-order valence-corrected chi connectivity index (χ2v) is 4.20. The Labute approximate surface area is 105 Å². The van der Waals surface area contributed by atoms with Crippen molar-refractivity contribution in [3.63, 3.8) is 0 Å². The number of amides is 1. The van der Waals surface area contributed by atoms with Gasteiger partial charge in [-0.2, -0.15) is 0 Å². The Bertz CT molecular complexity index is 367. The van der Waals surface area contributed by atoms with Gasteiger partial charge in [0.25, 0.3) is 0 Å². The molecule has 17 heavy (non-hydrogen) atoms. The molecule has 0 unspecified atom stereocenters. The Morgan fingerprint density at radius 1 is 1.24 bits per heavy atom. The van der Waals surface area contributed by atoms with E-state index in [9.17, 15) is 9.59 Å². The zero-order valence-corrected chi connectivity index (χ0v) is 10.5. The lowest BCUT2D eigenvalue weighted by Gasteiger charge is -2.04. The maximum atomic E-state index is 11.5. The molecule has 0 aromatic heterocycles. The van der Waals surface area contributed by atoms with Crippen molar-refractivity contribution in [2.45, 2.75) is 6.92 Å². The van der Waals surface area contributed by atoms with Crippen molar-refractivity contribution < 1.29 is 14.3 Å². The average Bonchev–Trinajstić information content (AvgIpc) is 2.30. The summed E-state index contributed by atoms with van der Waals surface area (Å²) in [5, 5.41) is 2.74. The van der Waals surface area contributed by atoms with E-state index in [0.717, 1.165) is 5.69 Å². The Kier molecular flexibility index (Phi) is 6.17. The quantitative estimate of drug-likeness (QED) is 0.787. The van der Waals surface area contributed by atoms with Crippen LogP contribution in [-0.4, -0.2) is 30.0 Å². The van der Waals surface area contributed by atoms with Gasteiger partial charge in [0.15, 0.2) is 0 Å². The van der Waals surface area contributed by atoms with E-state index in [0.29, 0.717) is 6.61 Å². The van der Waals surface area contributed by atoms with E-state index in [1.54, 1.807) is 6.92 Å². The minimum Gasteiger partial charge on any atom is -0.465 e. The minimum atomic E-state index is -0.287. The minimum absolute atomic E-state index is 0.120. The molecule has 0 bridgehead atoms. The molecule has 0 atom stereocenters. The number of hydrogen-bond donors (Lipinski definition) is 1. The van der Waals surface area contributed by atoms with Crippen LogP contribution in [-0.2, 0) is 14.3 Å². The van der Waals surface area contributed by atoms with Crippen LogP contribution in [0.5, 0.6) is 0 Å². The number of carbonyl (C=O) groups excluding carboxylic acids is 2. The number of anilines is 1. The largest absolute Gasteiger partial charge is 0.465 e. The molecule has 1 amide bonds. The highest BCUT2D eigenvalue weighted by Crippen LogP contribution is 2.07. The first-order valence-corrected chi connectivity index (χ1v) is 6.46. The van der Waals surface area contributed by atoms with Gasteiger partial charge in [-0.15, -0.1) is 11.8 Å². The lowest BCUT2D eigenvalue weighted by atomic mass is 10.3. The summed E-state index contributed by atoms with van der Waals surface area (Å²) in [5.41, 5.74) is 0.759. The number of nitrogens with one attached hydrogen (secondary N) is 1. The van der Waals surface area contributed by atoms with Crippen LogP contribution in [0.15, 0.2) is 30.3 Å². The van der Waals surface area contributed by atoms with Crippen molar-refractivity contribution in [2.75, 3.05) is 23.4 Å². The second-order valence-electron chi connectivity index (χ2n) is 3.21. The smallest absolute Gasteiger partial charge is 0.315 e. The maximum Gasteiger partial charge on any atom is 0.315 e. The molecule has 92 valence electrons. The third kappa shape index (κ3) is 5.97. The van der Waals surface area contributed by atoms with Crippen LogP contribution in [0.3, 0.4) is 0 Å². The van der Waals surface area contributed by atoms with Crippen molar-refractivity contribution in [2.24, 2.45) is 0 Å². The maximum absolute atomic E-state index is 11.5. The van der Waals surface area contributed by atoms with Gasteiger partial charge in [-0.25, -0.2) is 0 Å². The Balaban J connectivity index is 2.20. The predicted molar refractivity (Wildman–Crippen MR) is 69.0 cm³/mol. The van der Waals surface area contributed by atoms with E-state index in [4.69, 9.17) is 4.74 Å². The molecular formula is C12H15NO3S. The number of carbonyl (C=O) groups is 2. The summed E-state index contributed by atoms with van der Waals surface area (Å²) in [7, 11) is 0. The SMILES string of the molecule is CCOC(=O)CSCC(=O)Nc1ccccc1. The number of benzene rings is 1. The third-order valence-corrected chi connectivity index (χ3v) is 2.72. The molecule has 0 radical (unpaired) electrons. The molecule has 0 aliphatic rings. The first-order valence-electron chi connectivity index (χ1n) is 5.30. The van der Waals surface area contributed by atoms with Gasteiger partial charge in [-0.1, -0.05) is 18.2 Å². The lowest BCUT2D eigenvalue weighted by Crippen LogP contribution is -2.16. The molecule has 1 N–H and O–H groups in total. The van der Waals surface area contributed by atoms with Gasteiger partial charge in [-0.3, -0.25) is 9.59 Å². The monoisotopic (exact) mass is 253 g/mol. The molecule has 1 rings (SSSR count). The van der Waals surface area contributed by atoms with Crippen molar-refractivity contribution in [1.29, 1.82) is 0 Å². The van der Waals surface area contributed by atoms with Crippen molar-refractivity contribution in [3.05, 3.63) is 30.3 Å². The Morgan fingerprint density at radius 2 is 1.94 bits per heavy atom. The summed E-state index contributed by atoms with van der Waals surface area (Å²) in [6.45, 7) is 2.13. The first kappa shape index (κ1) is 13.6. The molecule has 0 aliphatic carbocycles. The van der Waals surface area contributed by atoms with Gasteiger partial charge in [-0.05, 0) is 19.1 Å². The highest BCUT2D eigenvalue weighted by molar-refractivity contribution is 8.00. The number of esters is 1. The molecule has 0 heterocycles. The second kappa shape index (κ2) is 7.73. The molecule has 0 fully saturated rings. The molecule has 4 nitrogen and oxygen atoms in total. The molecule has 1 aromatic carbocycles. The van der Waals surface area contributed by atoms with Gasteiger partial charge < -0.3 is 10.1 Å². The van der Waals surface area contributed by atoms with Gasteiger partial charge in [0, 0.05) is 5.69 Å². The Morgan fingerprint density at radius 3 is 2.59 bits per heavy atom. The van der Waals surface area contributed by atoms with Crippen LogP contribution in [0.4, 0.5) is 5.69 Å². The van der Waals surface area contributed by atoms with Crippen LogP contribution in [0.1, 0.15) is 6.92 Å². The summed E-state index contributed by atoms with van der Waals surface area (Å²) < 4.78 is 4.75. The summed E-state index contributed by atoms with van der Waals surface area (Å²) in [5.74, 6) is 0.0412. The normalized spacial score (nSPS) is 9.71. The molecule has 0 saturated carbocycles.